The van der Waals surface area contributed by atoms with Crippen LogP contribution in [0.25, 0.3) is 72.7 Å². The number of pyridine rings is 1. The number of benzene rings is 6. The Kier molecular flexibility index (Phi) is 8.03. The monoisotopic (exact) mass is 827 g/mol. The molecule has 0 bridgehead atoms. The molecule has 0 spiro atoms. The summed E-state index contributed by atoms with van der Waals surface area (Å²) in [6.45, 7) is 14.9. The Bertz CT molecular complexity index is 3450. The number of hydrogen-bond acceptors (Lipinski definition) is 3. The van der Waals surface area contributed by atoms with Gasteiger partial charge in [0.2, 0.25) is 0 Å². The molecule has 1 N–H and O–H groups in total. The van der Waals surface area contributed by atoms with Crippen LogP contribution in [0, 0.1) is 13.7 Å². The van der Waals surface area contributed by atoms with Crippen LogP contribution in [0.15, 0.2) is 133 Å². The van der Waals surface area contributed by atoms with Crippen molar-refractivity contribution in [1.29, 1.82) is 0 Å². The lowest BCUT2D eigenvalue weighted by molar-refractivity contribution is 0.475. The van der Waals surface area contributed by atoms with E-state index in [9.17, 15) is 5.11 Å². The van der Waals surface area contributed by atoms with E-state index in [1.54, 1.807) is 30.3 Å². The first-order valence-electron chi connectivity index (χ1n) is 26.7. The molecule has 0 aliphatic heterocycles. The quantitative estimate of drug-likeness (QED) is 0.166. The standard InChI is InChI=1S/C58H61N3O/c1-35(2)42-27-43(36(3)4)29-44(28-42)40-20-22-52(38(6)26-40)61-53-15-13-14-49(55(53)60-56(61)50-34-47(57(7,8)9)21-23-54(50)62)45-30-46(32-48(31-45)58(10,11)12)51-33-41(24-25-59-51)39-18-16-37(5)17-19-39/h13-36,62H,1-12H3/i5D3,6D3,16D,17D,18D,19D,35D. The van der Waals surface area contributed by atoms with E-state index in [0.29, 0.717) is 56.1 Å². The predicted octanol–water partition coefficient (Wildman–Crippen LogP) is 15.9. The molecule has 0 saturated heterocycles. The number of aromatic hydroxyl groups is 1. The molecule has 0 saturated carbocycles. The molecule has 0 aliphatic carbocycles. The second-order valence-corrected chi connectivity index (χ2v) is 18.9. The zero-order chi connectivity index (χ0) is 53.7. The highest BCUT2D eigenvalue weighted by Crippen LogP contribution is 2.42. The van der Waals surface area contributed by atoms with E-state index in [0.717, 1.165) is 33.4 Å². The summed E-state index contributed by atoms with van der Waals surface area (Å²) < 4.78 is 96.3. The van der Waals surface area contributed by atoms with Crippen molar-refractivity contribution < 1.29 is 20.2 Å². The fourth-order valence-electron chi connectivity index (χ4n) is 7.85. The van der Waals surface area contributed by atoms with E-state index in [2.05, 4.69) is 67.5 Å². The third kappa shape index (κ3) is 8.36. The zero-order valence-corrected chi connectivity index (χ0v) is 37.3. The van der Waals surface area contributed by atoms with Crippen LogP contribution in [0.5, 0.6) is 5.75 Å². The Morgan fingerprint density at radius 2 is 1.35 bits per heavy atom. The highest BCUT2D eigenvalue weighted by Gasteiger charge is 2.25. The van der Waals surface area contributed by atoms with Crippen molar-refractivity contribution in [3.63, 3.8) is 0 Å². The van der Waals surface area contributed by atoms with Crippen LogP contribution in [-0.2, 0) is 10.8 Å². The molecule has 0 fully saturated rings. The van der Waals surface area contributed by atoms with Crippen LogP contribution in [0.1, 0.15) is 130 Å². The highest BCUT2D eigenvalue weighted by atomic mass is 16.3. The van der Waals surface area contributed by atoms with Gasteiger partial charge in [-0.25, -0.2) is 4.98 Å². The summed E-state index contributed by atoms with van der Waals surface area (Å²) in [5.41, 5.74) is 8.67. The third-order valence-corrected chi connectivity index (χ3v) is 11.6. The lowest BCUT2D eigenvalue weighted by Crippen LogP contribution is -2.11. The maximum Gasteiger partial charge on any atom is 0.149 e. The van der Waals surface area contributed by atoms with E-state index in [-0.39, 0.29) is 28.2 Å². The van der Waals surface area contributed by atoms with Crippen molar-refractivity contribution in [1.82, 2.24) is 14.5 Å². The van der Waals surface area contributed by atoms with Gasteiger partial charge in [0.1, 0.15) is 11.6 Å². The first-order chi connectivity index (χ1) is 33.7. The van der Waals surface area contributed by atoms with Crippen molar-refractivity contribution in [2.45, 2.75) is 106 Å². The summed E-state index contributed by atoms with van der Waals surface area (Å²) in [4.78, 5) is 10.1. The summed E-state index contributed by atoms with van der Waals surface area (Å²) >= 11 is 0. The van der Waals surface area contributed by atoms with Crippen LogP contribution in [0.4, 0.5) is 0 Å². The molecule has 4 heteroatoms. The smallest absolute Gasteiger partial charge is 0.149 e. The second kappa shape index (κ2) is 16.2. The number of phenols is 1. The second-order valence-electron chi connectivity index (χ2n) is 18.9. The van der Waals surface area contributed by atoms with Crippen LogP contribution >= 0.6 is 0 Å². The SMILES string of the molecule is [2H]c1c([2H])c(C([2H])([2H])[2H])c([2H])c([2H])c1-c1ccnc(-c2cc(-c3cccc4c3nc(-c3cc(C(C)(C)C)ccc3O)n4-c3ccc(-c4cc(C(C)C)cc(C([2H])(C)C)c4)cc3C([2H])([2H])[2H])cc(C(C)(C)C)c2)c1. The van der Waals surface area contributed by atoms with E-state index >= 15 is 0 Å². The van der Waals surface area contributed by atoms with E-state index in [1.807, 2.05) is 79.1 Å². The molecule has 0 aliphatic rings. The topological polar surface area (TPSA) is 50.9 Å². The number of aryl methyl sites for hydroxylation is 1. The fraction of sp³-hybridized carbons (Fsp3) is 0.276. The number of hydrogen-bond donors (Lipinski definition) is 1. The predicted molar refractivity (Wildman–Crippen MR) is 263 cm³/mol. The lowest BCUT2D eigenvalue weighted by Gasteiger charge is -2.22. The average molecular weight is 827 g/mol. The molecule has 0 radical (unpaired) electrons. The van der Waals surface area contributed by atoms with Crippen molar-refractivity contribution in [2.24, 2.45) is 0 Å². The number of nitrogens with zero attached hydrogens (tertiary/aromatic N) is 3. The minimum absolute atomic E-state index is 0.0352. The first-order valence-corrected chi connectivity index (χ1v) is 21.2. The summed E-state index contributed by atoms with van der Waals surface area (Å²) in [6.07, 6.45) is 1.52. The van der Waals surface area contributed by atoms with E-state index in [4.69, 9.17) is 25.0 Å². The summed E-state index contributed by atoms with van der Waals surface area (Å²) in [6, 6.07) is 29.7. The molecule has 6 aromatic carbocycles. The normalized spacial score (nSPS) is 15.4. The summed E-state index contributed by atoms with van der Waals surface area (Å²) in [5.74, 6) is -0.447. The Labute approximate surface area is 384 Å². The average Bonchev–Trinajstić information content (AvgIpc) is 3.68. The fourth-order valence-corrected chi connectivity index (χ4v) is 7.85. The van der Waals surface area contributed by atoms with Gasteiger partial charge in [0.15, 0.2) is 0 Å². The first kappa shape index (κ1) is 30.7. The zero-order valence-electron chi connectivity index (χ0n) is 48.3. The highest BCUT2D eigenvalue weighted by molar-refractivity contribution is 5.97. The number of fused-ring (bicyclic) bond motifs is 1. The Morgan fingerprint density at radius 1 is 0.629 bits per heavy atom. The van der Waals surface area contributed by atoms with Crippen LogP contribution in [0.2, 0.25) is 0 Å². The van der Waals surface area contributed by atoms with Gasteiger partial charge in [0.25, 0.3) is 0 Å². The number of phenolic OH excluding ortho intramolecular Hbond substituents is 1. The minimum Gasteiger partial charge on any atom is -0.507 e. The lowest BCUT2D eigenvalue weighted by atomic mass is 9.83. The van der Waals surface area contributed by atoms with Gasteiger partial charge in [-0.3, -0.25) is 9.55 Å². The van der Waals surface area contributed by atoms with Crippen molar-refractivity contribution >= 4 is 11.0 Å². The van der Waals surface area contributed by atoms with Gasteiger partial charge >= 0.3 is 0 Å². The molecule has 8 rings (SSSR count). The molecule has 0 amide bonds. The van der Waals surface area contributed by atoms with Crippen LogP contribution < -0.4 is 0 Å². The Balaban J connectivity index is 1.40. The number of rotatable bonds is 8. The molecule has 0 atom stereocenters. The molecular weight excluding hydrogens is 755 g/mol. The maximum atomic E-state index is 11.8. The Hall–Kier alpha value is -6.26. The third-order valence-electron chi connectivity index (χ3n) is 11.6. The maximum absolute atomic E-state index is 11.8. The van der Waals surface area contributed by atoms with Crippen LogP contribution in [0.3, 0.4) is 0 Å². The van der Waals surface area contributed by atoms with Crippen molar-refractivity contribution in [3.8, 4) is 67.5 Å². The van der Waals surface area contributed by atoms with E-state index < -0.39 is 54.7 Å². The largest absolute Gasteiger partial charge is 0.507 e. The molecule has 2 heterocycles. The number of imidazole rings is 1. The van der Waals surface area contributed by atoms with Gasteiger partial charge in [-0.05, 0) is 147 Å². The van der Waals surface area contributed by atoms with Gasteiger partial charge in [-0.15, -0.1) is 0 Å². The molecule has 62 heavy (non-hydrogen) atoms. The van der Waals surface area contributed by atoms with Crippen molar-refractivity contribution in [3.05, 3.63) is 167 Å². The minimum atomic E-state index is -2.85. The van der Waals surface area contributed by atoms with Gasteiger partial charge in [-0.2, -0.15) is 0 Å². The molecule has 4 nitrogen and oxygen atoms in total. The molecule has 0 unspecified atom stereocenters. The number of para-hydroxylation sites is 1. The Morgan fingerprint density at radius 3 is 2.05 bits per heavy atom. The van der Waals surface area contributed by atoms with Gasteiger partial charge in [-0.1, -0.05) is 148 Å². The van der Waals surface area contributed by atoms with Gasteiger partial charge < -0.3 is 5.11 Å². The van der Waals surface area contributed by atoms with Gasteiger partial charge in [0.05, 0.1) is 33.5 Å². The van der Waals surface area contributed by atoms with Crippen LogP contribution in [-0.4, -0.2) is 19.6 Å². The summed E-state index contributed by atoms with van der Waals surface area (Å²) in [7, 11) is 0. The molecular formula is C58H61N3O. The molecule has 2 aromatic heterocycles. The van der Waals surface area contributed by atoms with Gasteiger partial charge in [0, 0.05) is 26.9 Å². The molecule has 314 valence electrons. The van der Waals surface area contributed by atoms with Crippen molar-refractivity contribution in [2.75, 3.05) is 0 Å². The number of aromatic nitrogens is 3. The van der Waals surface area contributed by atoms with E-state index in [1.165, 1.54) is 6.20 Å². The summed E-state index contributed by atoms with van der Waals surface area (Å²) in [5, 5.41) is 11.8. The molecule has 8 aromatic rings.